The normalized spacial score (nSPS) is 37.1. The lowest BCUT2D eigenvalue weighted by molar-refractivity contribution is -0.126. The minimum Gasteiger partial charge on any atom is -0.394 e. The number of ether oxygens (including phenoxy) is 1. The minimum atomic E-state index is -1.51. The number of nitrogens with zero attached hydrogens (tertiary/aromatic N) is 2. The molecule has 3 amide bonds. The number of aliphatic imine (C=N–C) groups is 1. The Morgan fingerprint density at radius 3 is 2.50 bits per heavy atom. The van der Waals surface area contributed by atoms with E-state index in [-0.39, 0.29) is 0 Å². The second-order valence-corrected chi connectivity index (χ2v) is 4.36. The molecule has 20 heavy (non-hydrogen) atoms. The van der Waals surface area contributed by atoms with Gasteiger partial charge in [0.15, 0.2) is 12.2 Å². The fourth-order valence-corrected chi connectivity index (χ4v) is 2.10. The van der Waals surface area contributed by atoms with E-state index in [4.69, 9.17) is 21.3 Å². The van der Waals surface area contributed by atoms with Crippen molar-refractivity contribution < 1.29 is 29.6 Å². The standard InChI is InChI=1S/C9H15N5O6/c10-8(11)12-5-6(18)13-9(19)14(5)7-4(17)3(16)2(1-15)20-7/h2-5,7,15-17H,1H2,(H4,10,11,12)(H,13,18,19)/t2-,3-,4-,5?,7-/m1/s1. The van der Waals surface area contributed by atoms with Gasteiger partial charge in [0.05, 0.1) is 6.61 Å². The fourth-order valence-electron chi connectivity index (χ4n) is 2.10. The molecule has 11 heteroatoms. The predicted octanol–water partition coefficient (Wildman–Crippen LogP) is -4.42. The van der Waals surface area contributed by atoms with Crippen LogP contribution in [0.15, 0.2) is 4.99 Å². The number of nitrogens with two attached hydrogens (primary N) is 2. The lowest BCUT2D eigenvalue weighted by Gasteiger charge is -2.27. The van der Waals surface area contributed by atoms with Crippen LogP contribution in [0.5, 0.6) is 0 Å². The third-order valence-electron chi connectivity index (χ3n) is 3.03. The summed E-state index contributed by atoms with van der Waals surface area (Å²) in [6.07, 6.45) is -6.77. The molecule has 2 aliphatic heterocycles. The molecule has 11 nitrogen and oxygen atoms in total. The third-order valence-corrected chi connectivity index (χ3v) is 3.03. The van der Waals surface area contributed by atoms with Crippen LogP contribution in [0.2, 0.25) is 0 Å². The highest BCUT2D eigenvalue weighted by molar-refractivity contribution is 6.05. The van der Waals surface area contributed by atoms with Gasteiger partial charge < -0.3 is 31.5 Å². The molecule has 0 aromatic rings. The third kappa shape index (κ3) is 2.27. The molecule has 0 saturated carbocycles. The maximum absolute atomic E-state index is 11.7. The SMILES string of the molecule is NC(N)=NC1C(=O)NC(=O)N1[C@@H]1O[C@H](CO)[C@@H](O)[C@H]1O. The molecule has 2 saturated heterocycles. The second kappa shape index (κ2) is 5.20. The van der Waals surface area contributed by atoms with Gasteiger partial charge in [0.25, 0.3) is 5.91 Å². The number of aliphatic hydroxyl groups excluding tert-OH is 3. The minimum absolute atomic E-state index is 0.434. The number of amides is 3. The van der Waals surface area contributed by atoms with Gasteiger partial charge in [-0.3, -0.25) is 15.0 Å². The van der Waals surface area contributed by atoms with Crippen LogP contribution in [-0.4, -0.2) is 75.4 Å². The predicted molar refractivity (Wildman–Crippen MR) is 62.7 cm³/mol. The van der Waals surface area contributed by atoms with Crippen molar-refractivity contribution in [2.75, 3.05) is 6.61 Å². The first-order chi connectivity index (χ1) is 9.36. The molecule has 1 unspecified atom stereocenters. The number of hydrogen-bond donors (Lipinski definition) is 6. The Kier molecular flexibility index (Phi) is 3.76. The van der Waals surface area contributed by atoms with Crippen molar-refractivity contribution >= 4 is 17.9 Å². The first-order valence-corrected chi connectivity index (χ1v) is 5.71. The van der Waals surface area contributed by atoms with Crippen molar-refractivity contribution in [3.63, 3.8) is 0 Å². The molecule has 0 aliphatic carbocycles. The molecule has 0 spiro atoms. The van der Waals surface area contributed by atoms with Gasteiger partial charge in [0.2, 0.25) is 6.17 Å². The number of guanidine groups is 1. The van der Waals surface area contributed by atoms with Crippen molar-refractivity contribution in [2.24, 2.45) is 16.5 Å². The van der Waals surface area contributed by atoms with E-state index in [0.717, 1.165) is 4.90 Å². The number of imide groups is 1. The highest BCUT2D eigenvalue weighted by Gasteiger charge is 2.52. The molecule has 0 bridgehead atoms. The van der Waals surface area contributed by atoms with Gasteiger partial charge in [-0.2, -0.15) is 0 Å². The molecule has 2 rings (SSSR count). The number of rotatable bonds is 3. The van der Waals surface area contributed by atoms with E-state index in [1.807, 2.05) is 5.32 Å². The van der Waals surface area contributed by atoms with Gasteiger partial charge in [0.1, 0.15) is 18.3 Å². The van der Waals surface area contributed by atoms with Crippen LogP contribution in [0.3, 0.4) is 0 Å². The fraction of sp³-hybridized carbons (Fsp3) is 0.667. The molecular formula is C9H15N5O6. The zero-order valence-corrected chi connectivity index (χ0v) is 10.2. The highest BCUT2D eigenvalue weighted by atomic mass is 16.6. The monoisotopic (exact) mass is 289 g/mol. The molecule has 0 aromatic carbocycles. The zero-order valence-electron chi connectivity index (χ0n) is 10.2. The molecule has 2 heterocycles. The summed E-state index contributed by atoms with van der Waals surface area (Å²) in [6, 6.07) is -0.875. The molecule has 0 aromatic heterocycles. The number of aliphatic hydroxyl groups is 3. The molecule has 2 aliphatic rings. The molecule has 5 atom stereocenters. The van der Waals surface area contributed by atoms with E-state index >= 15 is 0 Å². The van der Waals surface area contributed by atoms with Gasteiger partial charge in [-0.1, -0.05) is 0 Å². The van der Waals surface area contributed by atoms with Crippen LogP contribution < -0.4 is 16.8 Å². The van der Waals surface area contributed by atoms with Crippen LogP contribution in [0.4, 0.5) is 4.79 Å². The van der Waals surface area contributed by atoms with Crippen LogP contribution in [0, 0.1) is 0 Å². The van der Waals surface area contributed by atoms with Gasteiger partial charge in [-0.25, -0.2) is 9.79 Å². The summed E-state index contributed by atoms with van der Waals surface area (Å²) in [6.45, 7) is -0.564. The van der Waals surface area contributed by atoms with E-state index in [1.165, 1.54) is 0 Å². The van der Waals surface area contributed by atoms with Crippen LogP contribution in [0.25, 0.3) is 0 Å². The molecule has 0 radical (unpaired) electrons. The summed E-state index contributed by atoms with van der Waals surface area (Å²) >= 11 is 0. The van der Waals surface area contributed by atoms with Crippen LogP contribution in [0.1, 0.15) is 0 Å². The smallest absolute Gasteiger partial charge is 0.328 e. The summed E-state index contributed by atoms with van der Waals surface area (Å²) in [7, 11) is 0. The van der Waals surface area contributed by atoms with Gasteiger partial charge in [0, 0.05) is 0 Å². The Hall–Kier alpha value is -1.95. The Labute approximate surface area is 112 Å². The topological polar surface area (TPSA) is 184 Å². The van der Waals surface area contributed by atoms with E-state index in [9.17, 15) is 19.8 Å². The zero-order chi connectivity index (χ0) is 15.0. The lowest BCUT2D eigenvalue weighted by atomic mass is 10.1. The average Bonchev–Trinajstić information content (AvgIpc) is 2.79. The molecule has 112 valence electrons. The summed E-state index contributed by atoms with van der Waals surface area (Å²) in [5, 5.41) is 30.4. The lowest BCUT2D eigenvalue weighted by Crippen LogP contribution is -2.49. The Bertz CT molecular complexity index is 452. The summed E-state index contributed by atoms with van der Waals surface area (Å²) in [5.74, 6) is -1.22. The largest absolute Gasteiger partial charge is 0.394 e. The summed E-state index contributed by atoms with van der Waals surface area (Å²) in [4.78, 5) is 27.6. The molecular weight excluding hydrogens is 274 g/mol. The van der Waals surface area contributed by atoms with Gasteiger partial charge >= 0.3 is 6.03 Å². The maximum atomic E-state index is 11.7. The second-order valence-electron chi connectivity index (χ2n) is 4.36. The van der Waals surface area contributed by atoms with Crippen LogP contribution >= 0.6 is 0 Å². The quantitative estimate of drug-likeness (QED) is 0.171. The molecule has 2 fully saturated rings. The number of carbonyl (C=O) groups is 2. The van der Waals surface area contributed by atoms with E-state index in [1.54, 1.807) is 0 Å². The highest BCUT2D eigenvalue weighted by Crippen LogP contribution is 2.27. The molecule has 8 N–H and O–H groups in total. The number of hydrogen-bond acceptors (Lipinski definition) is 7. The van der Waals surface area contributed by atoms with Gasteiger partial charge in [-0.05, 0) is 0 Å². The van der Waals surface area contributed by atoms with Crippen molar-refractivity contribution in [2.45, 2.75) is 30.7 Å². The Morgan fingerprint density at radius 1 is 1.35 bits per heavy atom. The number of carbonyl (C=O) groups excluding carboxylic acids is 2. The average molecular weight is 289 g/mol. The van der Waals surface area contributed by atoms with Gasteiger partial charge in [-0.15, -0.1) is 0 Å². The Morgan fingerprint density at radius 2 is 2.00 bits per heavy atom. The van der Waals surface area contributed by atoms with Crippen molar-refractivity contribution in [1.29, 1.82) is 0 Å². The van der Waals surface area contributed by atoms with Crippen molar-refractivity contribution in [3.8, 4) is 0 Å². The summed E-state index contributed by atoms with van der Waals surface area (Å²) in [5.41, 5.74) is 10.3. The van der Waals surface area contributed by atoms with Crippen LogP contribution in [-0.2, 0) is 9.53 Å². The number of urea groups is 1. The summed E-state index contributed by atoms with van der Waals surface area (Å²) < 4.78 is 5.16. The van der Waals surface area contributed by atoms with Crippen molar-refractivity contribution in [3.05, 3.63) is 0 Å². The maximum Gasteiger partial charge on any atom is 0.328 e. The van der Waals surface area contributed by atoms with E-state index < -0.39 is 55.2 Å². The number of nitrogens with one attached hydrogen (secondary N) is 1. The first kappa shape index (κ1) is 14.5. The van der Waals surface area contributed by atoms with Crippen molar-refractivity contribution in [1.82, 2.24) is 10.2 Å². The van der Waals surface area contributed by atoms with E-state index in [0.29, 0.717) is 0 Å². The van der Waals surface area contributed by atoms with E-state index in [2.05, 4.69) is 4.99 Å². The Balaban J connectivity index is 2.28. The first-order valence-electron chi connectivity index (χ1n) is 5.71.